The summed E-state index contributed by atoms with van der Waals surface area (Å²) < 4.78 is 10.9. The third kappa shape index (κ3) is 6.05. The van der Waals surface area contributed by atoms with E-state index in [-0.39, 0.29) is 24.1 Å². The Hall–Kier alpha value is -4.63. The van der Waals surface area contributed by atoms with Crippen LogP contribution < -0.4 is 19.7 Å². The molecule has 224 valence electrons. The summed E-state index contributed by atoms with van der Waals surface area (Å²) in [4.78, 5) is 24.6. The van der Waals surface area contributed by atoms with Gasteiger partial charge in [-0.1, -0.05) is 47.5 Å². The highest BCUT2D eigenvalue weighted by atomic mass is 35.5. The number of nitro groups is 1. The average Bonchev–Trinajstić information content (AvgIpc) is 3.49. The Morgan fingerprint density at radius 1 is 1.05 bits per heavy atom. The number of halogens is 2. The summed E-state index contributed by atoms with van der Waals surface area (Å²) in [5.74, 6) is 1.19. The second-order valence-electron chi connectivity index (χ2n) is 10.5. The highest BCUT2D eigenvalue weighted by molar-refractivity contribution is 6.32. The molecule has 1 aromatic heterocycles. The SMILES string of the molecule is Cc1cc(C(C#N)c2ccc(Cl)cc2)c(Cl)cc1Nc1ncnc(N2CCN(Cc3ccc4c(c3)OCO4)CC2)c1[N+](=O)[O-]. The summed E-state index contributed by atoms with van der Waals surface area (Å²) in [6.07, 6.45) is 1.32. The number of nitrogens with one attached hydrogen (secondary N) is 1. The fourth-order valence-corrected chi connectivity index (χ4v) is 5.84. The average molecular weight is 633 g/mol. The van der Waals surface area contributed by atoms with E-state index in [1.807, 2.05) is 30.0 Å². The molecular weight excluding hydrogens is 605 g/mol. The minimum absolute atomic E-state index is 0.0595. The van der Waals surface area contributed by atoms with E-state index in [1.165, 1.54) is 6.33 Å². The number of aryl methyl sites for hydroxylation is 1. The highest BCUT2D eigenvalue weighted by Gasteiger charge is 2.30. The summed E-state index contributed by atoms with van der Waals surface area (Å²) in [5.41, 5.74) is 3.55. The van der Waals surface area contributed by atoms with Crippen molar-refractivity contribution in [1.29, 1.82) is 5.26 Å². The first-order valence-electron chi connectivity index (χ1n) is 13.9. The fraction of sp³-hybridized carbons (Fsp3) is 0.258. The molecule has 3 aromatic carbocycles. The standard InChI is InChI=1S/C31H27Cl2N7O4/c1-19-12-23(24(15-34)21-3-5-22(32)6-4-21)25(33)14-26(19)37-30-29(40(41)42)31(36-17-35-30)39-10-8-38(9-11-39)16-20-2-7-27-28(13-20)44-18-43-27/h2-7,12-14,17,24H,8-11,16,18H2,1H3,(H,35,36,37). The Morgan fingerprint density at radius 3 is 2.52 bits per heavy atom. The zero-order valence-corrected chi connectivity index (χ0v) is 25.2. The molecule has 0 amide bonds. The number of hydrogen-bond donors (Lipinski definition) is 1. The quantitative estimate of drug-likeness (QED) is 0.171. The molecule has 13 heteroatoms. The van der Waals surface area contributed by atoms with Crippen LogP contribution in [0.2, 0.25) is 10.0 Å². The minimum atomic E-state index is -0.615. The van der Waals surface area contributed by atoms with Gasteiger partial charge in [0.1, 0.15) is 6.33 Å². The molecule has 0 spiro atoms. The van der Waals surface area contributed by atoms with Crippen molar-refractivity contribution in [3.63, 3.8) is 0 Å². The van der Waals surface area contributed by atoms with Crippen molar-refractivity contribution in [3.05, 3.63) is 103 Å². The minimum Gasteiger partial charge on any atom is -0.454 e. The van der Waals surface area contributed by atoms with Crippen LogP contribution in [0.15, 0.2) is 60.9 Å². The lowest BCUT2D eigenvalue weighted by Gasteiger charge is -2.35. The number of fused-ring (bicyclic) bond motifs is 1. The smallest absolute Gasteiger partial charge is 0.353 e. The number of aromatic nitrogens is 2. The predicted octanol–water partition coefficient (Wildman–Crippen LogP) is 6.45. The van der Waals surface area contributed by atoms with Crippen LogP contribution in [0.3, 0.4) is 0 Å². The van der Waals surface area contributed by atoms with Crippen molar-refractivity contribution in [2.75, 3.05) is 43.2 Å². The number of rotatable bonds is 8. The Labute approximate surface area is 263 Å². The Morgan fingerprint density at radius 2 is 1.80 bits per heavy atom. The van der Waals surface area contributed by atoms with Gasteiger partial charge in [0.15, 0.2) is 11.5 Å². The van der Waals surface area contributed by atoms with E-state index in [0.29, 0.717) is 47.5 Å². The molecule has 2 aliphatic heterocycles. The molecule has 11 nitrogen and oxygen atoms in total. The topological polar surface area (TPSA) is 130 Å². The second kappa shape index (κ2) is 12.5. The number of benzene rings is 3. The Bertz CT molecular complexity index is 1760. The molecule has 1 saturated heterocycles. The normalized spacial score (nSPS) is 15.1. The van der Waals surface area contributed by atoms with Gasteiger partial charge in [-0.2, -0.15) is 5.26 Å². The Kier molecular flexibility index (Phi) is 8.39. The van der Waals surface area contributed by atoms with E-state index in [0.717, 1.165) is 34.7 Å². The van der Waals surface area contributed by atoms with Crippen molar-refractivity contribution in [3.8, 4) is 17.6 Å². The number of nitrogens with zero attached hydrogens (tertiary/aromatic N) is 6. The van der Waals surface area contributed by atoms with Crippen LogP contribution in [0.25, 0.3) is 0 Å². The van der Waals surface area contributed by atoms with Crippen LogP contribution in [-0.4, -0.2) is 52.8 Å². The van der Waals surface area contributed by atoms with Crippen LogP contribution in [0.1, 0.15) is 28.2 Å². The van der Waals surface area contributed by atoms with Gasteiger partial charge < -0.3 is 19.7 Å². The summed E-state index contributed by atoms with van der Waals surface area (Å²) in [6, 6.07) is 18.7. The third-order valence-electron chi connectivity index (χ3n) is 7.74. The predicted molar refractivity (Wildman–Crippen MR) is 167 cm³/mol. The number of anilines is 3. The van der Waals surface area contributed by atoms with Crippen LogP contribution >= 0.6 is 23.2 Å². The summed E-state index contributed by atoms with van der Waals surface area (Å²) >= 11 is 12.7. The fourth-order valence-electron chi connectivity index (χ4n) is 5.44. The van der Waals surface area contributed by atoms with Gasteiger partial charge in [-0.25, -0.2) is 9.97 Å². The largest absolute Gasteiger partial charge is 0.454 e. The third-order valence-corrected chi connectivity index (χ3v) is 8.32. The van der Waals surface area contributed by atoms with E-state index in [1.54, 1.807) is 36.4 Å². The molecule has 6 rings (SSSR count). The monoisotopic (exact) mass is 631 g/mol. The maximum absolute atomic E-state index is 12.3. The van der Waals surface area contributed by atoms with Crippen LogP contribution in [-0.2, 0) is 6.54 Å². The highest BCUT2D eigenvalue weighted by Crippen LogP contribution is 2.38. The van der Waals surface area contributed by atoms with Gasteiger partial charge in [0.2, 0.25) is 18.4 Å². The number of piperazine rings is 1. The molecule has 3 heterocycles. The van der Waals surface area contributed by atoms with Gasteiger partial charge in [0, 0.05) is 48.5 Å². The van der Waals surface area contributed by atoms with Gasteiger partial charge in [0.05, 0.1) is 16.9 Å². The Balaban J connectivity index is 1.19. The molecule has 2 aliphatic rings. The molecule has 1 atom stereocenters. The molecule has 0 bridgehead atoms. The second-order valence-corrected chi connectivity index (χ2v) is 11.4. The zero-order valence-electron chi connectivity index (χ0n) is 23.7. The first kappa shape index (κ1) is 29.4. The van der Waals surface area contributed by atoms with Crippen molar-refractivity contribution in [2.45, 2.75) is 19.4 Å². The van der Waals surface area contributed by atoms with E-state index >= 15 is 0 Å². The van der Waals surface area contributed by atoms with Gasteiger partial charge in [-0.3, -0.25) is 15.0 Å². The lowest BCUT2D eigenvalue weighted by molar-refractivity contribution is -0.383. The van der Waals surface area contributed by atoms with Gasteiger partial charge in [-0.15, -0.1) is 0 Å². The first-order valence-corrected chi connectivity index (χ1v) is 14.6. The maximum atomic E-state index is 12.3. The van der Waals surface area contributed by atoms with E-state index in [2.05, 4.69) is 26.3 Å². The van der Waals surface area contributed by atoms with E-state index in [4.69, 9.17) is 32.7 Å². The molecule has 0 aliphatic carbocycles. The number of hydrogen-bond acceptors (Lipinski definition) is 10. The number of ether oxygens (including phenoxy) is 2. The first-order chi connectivity index (χ1) is 21.3. The van der Waals surface area contributed by atoms with Crippen molar-refractivity contribution >= 4 is 46.2 Å². The van der Waals surface area contributed by atoms with Crippen molar-refractivity contribution < 1.29 is 14.4 Å². The summed E-state index contributed by atoms with van der Waals surface area (Å²) in [7, 11) is 0. The van der Waals surface area contributed by atoms with E-state index in [9.17, 15) is 15.4 Å². The van der Waals surface area contributed by atoms with Crippen molar-refractivity contribution in [2.24, 2.45) is 0 Å². The molecule has 1 fully saturated rings. The summed E-state index contributed by atoms with van der Waals surface area (Å²) in [6.45, 7) is 5.30. The van der Waals surface area contributed by atoms with Crippen molar-refractivity contribution in [1.82, 2.24) is 14.9 Å². The van der Waals surface area contributed by atoms with Crippen LogP contribution in [0.4, 0.5) is 23.0 Å². The summed E-state index contributed by atoms with van der Waals surface area (Å²) in [5, 5.41) is 26.3. The number of nitriles is 1. The molecule has 4 aromatic rings. The molecule has 44 heavy (non-hydrogen) atoms. The molecular formula is C31H27Cl2N7O4. The lowest BCUT2D eigenvalue weighted by Crippen LogP contribution is -2.46. The molecule has 1 unspecified atom stereocenters. The van der Waals surface area contributed by atoms with E-state index < -0.39 is 10.8 Å². The van der Waals surface area contributed by atoms with Crippen LogP contribution in [0, 0.1) is 28.4 Å². The maximum Gasteiger partial charge on any atom is 0.353 e. The lowest BCUT2D eigenvalue weighted by atomic mass is 9.91. The molecule has 0 radical (unpaired) electrons. The van der Waals surface area contributed by atoms with Gasteiger partial charge in [0.25, 0.3) is 0 Å². The molecule has 0 saturated carbocycles. The van der Waals surface area contributed by atoms with Gasteiger partial charge >= 0.3 is 5.69 Å². The zero-order chi connectivity index (χ0) is 30.8. The molecule has 1 N–H and O–H groups in total. The van der Waals surface area contributed by atoms with Crippen LogP contribution in [0.5, 0.6) is 11.5 Å². The van der Waals surface area contributed by atoms with Gasteiger partial charge in [-0.05, 0) is 59.5 Å².